The van der Waals surface area contributed by atoms with E-state index in [2.05, 4.69) is 4.98 Å². The zero-order chi connectivity index (χ0) is 13.5. The van der Waals surface area contributed by atoms with E-state index < -0.39 is 6.10 Å². The number of aliphatic hydroxyl groups is 1. The lowest BCUT2D eigenvalue weighted by Crippen LogP contribution is -2.41. The van der Waals surface area contributed by atoms with E-state index in [1.807, 2.05) is 13.8 Å². The summed E-state index contributed by atoms with van der Waals surface area (Å²) in [4.78, 5) is 5.44. The summed E-state index contributed by atoms with van der Waals surface area (Å²) in [7, 11) is 0. The highest BCUT2D eigenvalue weighted by atomic mass is 32.1. The highest BCUT2D eigenvalue weighted by molar-refractivity contribution is 7.11. The molecule has 1 spiro atoms. The van der Waals surface area contributed by atoms with E-state index in [1.165, 1.54) is 0 Å². The van der Waals surface area contributed by atoms with Crippen LogP contribution in [0, 0.1) is 19.8 Å². The second-order valence-corrected chi connectivity index (χ2v) is 6.95. The summed E-state index contributed by atoms with van der Waals surface area (Å²) in [6.45, 7) is 6.15. The van der Waals surface area contributed by atoms with Gasteiger partial charge in [0.2, 0.25) is 0 Å². The van der Waals surface area contributed by atoms with E-state index in [9.17, 15) is 5.11 Å². The summed E-state index contributed by atoms with van der Waals surface area (Å²) in [6, 6.07) is 0. The number of aryl methyl sites for hydroxylation is 2. The number of thiazole rings is 1. The van der Waals surface area contributed by atoms with Gasteiger partial charge in [-0.1, -0.05) is 0 Å². The van der Waals surface area contributed by atoms with Crippen LogP contribution in [0.3, 0.4) is 0 Å². The van der Waals surface area contributed by atoms with Gasteiger partial charge in [-0.15, -0.1) is 11.3 Å². The summed E-state index contributed by atoms with van der Waals surface area (Å²) < 4.78 is 11.4. The van der Waals surface area contributed by atoms with Crippen molar-refractivity contribution in [3.8, 4) is 0 Å². The molecule has 2 aliphatic rings. The van der Waals surface area contributed by atoms with Crippen LogP contribution in [0.2, 0.25) is 0 Å². The summed E-state index contributed by atoms with van der Waals surface area (Å²) in [6.07, 6.45) is 2.36. The molecule has 0 saturated carbocycles. The fraction of sp³-hybridized carbons (Fsp3) is 0.786. The monoisotopic (exact) mass is 283 g/mol. The van der Waals surface area contributed by atoms with Crippen LogP contribution in [0.25, 0.3) is 0 Å². The molecule has 3 atom stereocenters. The van der Waals surface area contributed by atoms with Crippen LogP contribution in [0.4, 0.5) is 0 Å². The number of hydrogen-bond donors (Lipinski definition) is 1. The van der Waals surface area contributed by atoms with E-state index in [1.54, 1.807) is 11.3 Å². The Kier molecular flexibility index (Phi) is 3.64. The maximum Gasteiger partial charge on any atom is 0.0940 e. The Morgan fingerprint density at radius 3 is 2.89 bits per heavy atom. The molecule has 0 bridgehead atoms. The normalized spacial score (nSPS) is 32.9. The predicted octanol–water partition coefficient (Wildman–Crippen LogP) is 2.38. The third kappa shape index (κ3) is 2.57. The van der Waals surface area contributed by atoms with Gasteiger partial charge in [0.25, 0.3) is 0 Å². The first-order valence-electron chi connectivity index (χ1n) is 6.93. The Hall–Kier alpha value is -0.490. The third-order valence-corrected chi connectivity index (χ3v) is 5.40. The molecule has 106 valence electrons. The van der Waals surface area contributed by atoms with Crippen LogP contribution in [0.15, 0.2) is 0 Å². The van der Waals surface area contributed by atoms with Crippen LogP contribution in [0.5, 0.6) is 0 Å². The smallest absolute Gasteiger partial charge is 0.0940 e. The molecule has 3 rings (SSSR count). The number of nitrogens with zero attached hydrogens (tertiary/aromatic N) is 1. The van der Waals surface area contributed by atoms with Crippen LogP contribution in [-0.4, -0.2) is 35.5 Å². The minimum absolute atomic E-state index is 0.141. The molecule has 2 aliphatic heterocycles. The SMILES string of the molecule is Cc1nc(C)c(C(O)C2CCOC3(CCOC3)C2)s1. The van der Waals surface area contributed by atoms with Gasteiger partial charge in [-0.25, -0.2) is 4.98 Å². The zero-order valence-corrected chi connectivity index (χ0v) is 12.3. The first-order chi connectivity index (χ1) is 9.10. The Morgan fingerprint density at radius 1 is 1.42 bits per heavy atom. The molecule has 5 heteroatoms. The van der Waals surface area contributed by atoms with Gasteiger partial charge in [0, 0.05) is 19.6 Å². The fourth-order valence-electron chi connectivity index (χ4n) is 3.23. The van der Waals surface area contributed by atoms with Crippen LogP contribution >= 0.6 is 11.3 Å². The maximum atomic E-state index is 10.7. The molecule has 1 aromatic rings. The molecule has 2 saturated heterocycles. The first-order valence-corrected chi connectivity index (χ1v) is 7.75. The average Bonchev–Trinajstić information content (AvgIpc) is 2.96. The van der Waals surface area contributed by atoms with Crippen molar-refractivity contribution in [1.29, 1.82) is 0 Å². The summed E-state index contributed by atoms with van der Waals surface area (Å²) in [5.74, 6) is 0.258. The molecule has 1 aromatic heterocycles. The Labute approximate surface area is 117 Å². The lowest BCUT2D eigenvalue weighted by Gasteiger charge is -2.38. The molecule has 0 aromatic carbocycles. The zero-order valence-electron chi connectivity index (χ0n) is 11.5. The average molecular weight is 283 g/mol. The van der Waals surface area contributed by atoms with Crippen molar-refractivity contribution >= 4 is 11.3 Å². The van der Waals surface area contributed by atoms with Gasteiger partial charge in [-0.2, -0.15) is 0 Å². The lowest BCUT2D eigenvalue weighted by molar-refractivity contribution is -0.116. The van der Waals surface area contributed by atoms with Gasteiger partial charge in [0.15, 0.2) is 0 Å². The van der Waals surface area contributed by atoms with Gasteiger partial charge < -0.3 is 14.6 Å². The minimum Gasteiger partial charge on any atom is -0.387 e. The predicted molar refractivity (Wildman–Crippen MR) is 73.4 cm³/mol. The highest BCUT2D eigenvalue weighted by Crippen LogP contribution is 2.42. The molecule has 0 aliphatic carbocycles. The van der Waals surface area contributed by atoms with Crippen molar-refractivity contribution in [1.82, 2.24) is 4.98 Å². The largest absolute Gasteiger partial charge is 0.387 e. The van der Waals surface area contributed by atoms with E-state index in [4.69, 9.17) is 9.47 Å². The Bertz CT molecular complexity index is 454. The summed E-state index contributed by atoms with van der Waals surface area (Å²) >= 11 is 1.61. The van der Waals surface area contributed by atoms with Crippen LogP contribution in [0.1, 0.15) is 40.9 Å². The van der Waals surface area contributed by atoms with Gasteiger partial charge in [0.1, 0.15) is 0 Å². The molecule has 4 nitrogen and oxygen atoms in total. The molecule has 3 unspecified atom stereocenters. The van der Waals surface area contributed by atoms with Gasteiger partial charge in [-0.3, -0.25) is 0 Å². The fourth-order valence-corrected chi connectivity index (χ4v) is 4.24. The Morgan fingerprint density at radius 2 is 2.26 bits per heavy atom. The number of aromatic nitrogens is 1. The number of aliphatic hydroxyl groups excluding tert-OH is 1. The standard InChI is InChI=1S/C14H21NO3S/c1-9-13(19-10(2)15-9)12(16)11-3-5-18-14(7-11)4-6-17-8-14/h11-12,16H,3-8H2,1-2H3. The van der Waals surface area contributed by atoms with Gasteiger partial charge in [-0.05, 0) is 32.6 Å². The summed E-state index contributed by atoms with van der Waals surface area (Å²) in [5.41, 5.74) is 0.829. The van der Waals surface area contributed by atoms with Crippen molar-refractivity contribution in [2.24, 2.45) is 5.92 Å². The van der Waals surface area contributed by atoms with Crippen LogP contribution in [-0.2, 0) is 9.47 Å². The molecule has 0 amide bonds. The molecular formula is C14H21NO3S. The molecule has 1 N–H and O–H groups in total. The van der Waals surface area contributed by atoms with E-state index >= 15 is 0 Å². The van der Waals surface area contributed by atoms with Crippen molar-refractivity contribution in [2.45, 2.75) is 44.8 Å². The van der Waals surface area contributed by atoms with E-state index in [-0.39, 0.29) is 11.5 Å². The van der Waals surface area contributed by atoms with Crippen molar-refractivity contribution < 1.29 is 14.6 Å². The highest BCUT2D eigenvalue weighted by Gasteiger charge is 2.43. The molecule has 2 fully saturated rings. The minimum atomic E-state index is -0.410. The maximum absolute atomic E-state index is 10.7. The van der Waals surface area contributed by atoms with Crippen molar-refractivity contribution in [2.75, 3.05) is 19.8 Å². The van der Waals surface area contributed by atoms with E-state index in [0.717, 1.165) is 48.1 Å². The van der Waals surface area contributed by atoms with Crippen molar-refractivity contribution in [3.05, 3.63) is 15.6 Å². The molecule has 3 heterocycles. The van der Waals surface area contributed by atoms with Crippen LogP contribution < -0.4 is 0 Å². The second-order valence-electron chi connectivity index (χ2n) is 5.71. The second kappa shape index (κ2) is 5.13. The van der Waals surface area contributed by atoms with Gasteiger partial charge >= 0.3 is 0 Å². The number of hydrogen-bond acceptors (Lipinski definition) is 5. The molecule has 19 heavy (non-hydrogen) atoms. The lowest BCUT2D eigenvalue weighted by atomic mass is 9.81. The third-order valence-electron chi connectivity index (χ3n) is 4.25. The topological polar surface area (TPSA) is 51.6 Å². The van der Waals surface area contributed by atoms with E-state index in [0.29, 0.717) is 6.61 Å². The molecule has 0 radical (unpaired) electrons. The Balaban J connectivity index is 1.76. The number of rotatable bonds is 2. The van der Waals surface area contributed by atoms with Crippen molar-refractivity contribution in [3.63, 3.8) is 0 Å². The number of ether oxygens (including phenoxy) is 2. The molecular weight excluding hydrogens is 262 g/mol. The first kappa shape index (κ1) is 13.5. The van der Waals surface area contributed by atoms with Gasteiger partial charge in [0.05, 0.1) is 33.9 Å². The quantitative estimate of drug-likeness (QED) is 0.905. The summed E-state index contributed by atoms with van der Waals surface area (Å²) in [5, 5.41) is 11.7.